The van der Waals surface area contributed by atoms with Crippen LogP contribution in [0.5, 0.6) is 5.75 Å². The van der Waals surface area contributed by atoms with Crippen LogP contribution in [-0.2, 0) is 13.1 Å². The summed E-state index contributed by atoms with van der Waals surface area (Å²) < 4.78 is 0. The van der Waals surface area contributed by atoms with E-state index in [-0.39, 0.29) is 29.5 Å². The molecule has 0 unspecified atom stereocenters. The van der Waals surface area contributed by atoms with Crippen LogP contribution >= 0.6 is 12.4 Å². The summed E-state index contributed by atoms with van der Waals surface area (Å²) in [5.74, 6) is 0.160. The molecule has 0 saturated carbocycles. The lowest BCUT2D eigenvalue weighted by Crippen LogP contribution is -2.45. The lowest BCUT2D eigenvalue weighted by molar-refractivity contribution is 0.121. The smallest absolute Gasteiger partial charge is 0.220 e. The van der Waals surface area contributed by atoms with Crippen molar-refractivity contribution in [2.75, 3.05) is 26.2 Å². The minimum Gasteiger partial charge on any atom is -0.504 e. The maximum Gasteiger partial charge on any atom is 0.220 e. The van der Waals surface area contributed by atoms with Gasteiger partial charge in [-0.2, -0.15) is 0 Å². The monoisotopic (exact) mass is 388 g/mol. The molecule has 5 heteroatoms. The highest BCUT2D eigenvalue weighted by Gasteiger charge is 2.18. The molecule has 2 aromatic rings. The van der Waals surface area contributed by atoms with Crippen molar-refractivity contribution in [2.45, 2.75) is 32.9 Å². The first-order chi connectivity index (χ1) is 12.5. The molecule has 0 atom stereocenters. The zero-order valence-electron chi connectivity index (χ0n) is 16.1. The number of aromatic hydroxyl groups is 1. The Balaban J connectivity index is 0.00000261. The van der Waals surface area contributed by atoms with E-state index < -0.39 is 0 Å². The van der Waals surface area contributed by atoms with Crippen LogP contribution in [0.3, 0.4) is 0 Å². The molecule has 0 spiro atoms. The predicted molar refractivity (Wildman–Crippen MR) is 113 cm³/mol. The highest BCUT2D eigenvalue weighted by atomic mass is 35.5. The molecule has 1 fully saturated rings. The SMILES string of the molecule is CC(C)c1ccc(CN2CCN(Cc3ccccc3)CC2)c(O)c(=O)c1.Cl. The van der Waals surface area contributed by atoms with E-state index in [0.717, 1.165) is 43.9 Å². The molecule has 0 aromatic heterocycles. The van der Waals surface area contributed by atoms with Crippen molar-refractivity contribution in [3.05, 3.63) is 75.4 Å². The summed E-state index contributed by atoms with van der Waals surface area (Å²) in [4.78, 5) is 16.9. The minimum absolute atomic E-state index is 0. The van der Waals surface area contributed by atoms with Gasteiger partial charge in [0, 0.05) is 44.8 Å². The molecule has 2 aromatic carbocycles. The fraction of sp³-hybridized carbons (Fsp3) is 0.409. The van der Waals surface area contributed by atoms with Crippen LogP contribution in [0.2, 0.25) is 0 Å². The standard InChI is InChI=1S/C22H28N2O2.ClH/c1-17(2)19-8-9-20(22(26)21(25)14-19)16-24-12-10-23(11-13-24)15-18-6-4-3-5-7-18;/h3-9,14,17H,10-13,15-16H2,1-2H3,(H,25,26);1H. The van der Waals surface area contributed by atoms with Crippen molar-refractivity contribution in [3.63, 3.8) is 0 Å². The molecule has 0 amide bonds. The molecule has 146 valence electrons. The zero-order chi connectivity index (χ0) is 18.5. The van der Waals surface area contributed by atoms with Gasteiger partial charge < -0.3 is 5.11 Å². The third-order valence-corrected chi connectivity index (χ3v) is 5.09. The van der Waals surface area contributed by atoms with E-state index in [1.165, 1.54) is 5.56 Å². The fourth-order valence-electron chi connectivity index (χ4n) is 3.38. The van der Waals surface area contributed by atoms with Gasteiger partial charge in [-0.3, -0.25) is 14.6 Å². The summed E-state index contributed by atoms with van der Waals surface area (Å²) in [7, 11) is 0. The summed E-state index contributed by atoms with van der Waals surface area (Å²) in [5, 5.41) is 10.3. The number of hydrogen-bond acceptors (Lipinski definition) is 4. The van der Waals surface area contributed by atoms with Gasteiger partial charge in [-0.25, -0.2) is 0 Å². The summed E-state index contributed by atoms with van der Waals surface area (Å²) in [6.45, 7) is 9.57. The number of piperazine rings is 1. The average molecular weight is 389 g/mol. The average Bonchev–Trinajstić information content (AvgIpc) is 2.78. The van der Waals surface area contributed by atoms with Crippen LogP contribution in [0.15, 0.2) is 53.3 Å². The van der Waals surface area contributed by atoms with Gasteiger partial charge in [0.2, 0.25) is 5.43 Å². The number of halogens is 1. The maximum absolute atomic E-state index is 12.2. The molecule has 1 aliphatic heterocycles. The highest BCUT2D eigenvalue weighted by Crippen LogP contribution is 2.19. The van der Waals surface area contributed by atoms with Crippen molar-refractivity contribution in [3.8, 4) is 5.75 Å². The first kappa shape index (κ1) is 21.4. The molecule has 27 heavy (non-hydrogen) atoms. The second-order valence-corrected chi connectivity index (χ2v) is 7.41. The van der Waals surface area contributed by atoms with Gasteiger partial charge in [0.25, 0.3) is 0 Å². The Bertz CT molecular complexity index is 788. The van der Waals surface area contributed by atoms with Gasteiger partial charge in [-0.05, 0) is 23.1 Å². The van der Waals surface area contributed by atoms with E-state index >= 15 is 0 Å². The van der Waals surface area contributed by atoms with E-state index in [2.05, 4.69) is 47.9 Å². The van der Waals surface area contributed by atoms with Crippen LogP contribution in [-0.4, -0.2) is 41.1 Å². The van der Waals surface area contributed by atoms with Crippen molar-refractivity contribution >= 4 is 12.4 Å². The number of hydrogen-bond donors (Lipinski definition) is 1. The zero-order valence-corrected chi connectivity index (χ0v) is 16.9. The summed E-state index contributed by atoms with van der Waals surface area (Å²) in [6.07, 6.45) is 0. The van der Waals surface area contributed by atoms with Gasteiger partial charge in [0.15, 0.2) is 5.75 Å². The third kappa shape index (κ3) is 5.80. The highest BCUT2D eigenvalue weighted by molar-refractivity contribution is 5.85. The Hall–Kier alpha value is -1.88. The molecular formula is C22H29ClN2O2. The Morgan fingerprint density at radius 1 is 0.926 bits per heavy atom. The van der Waals surface area contributed by atoms with E-state index in [9.17, 15) is 9.90 Å². The molecule has 0 radical (unpaired) electrons. The van der Waals surface area contributed by atoms with Crippen molar-refractivity contribution in [1.82, 2.24) is 9.80 Å². The largest absolute Gasteiger partial charge is 0.504 e. The number of rotatable bonds is 5. The Kier molecular flexibility index (Phi) is 7.84. The third-order valence-electron chi connectivity index (χ3n) is 5.09. The molecule has 4 nitrogen and oxygen atoms in total. The lowest BCUT2D eigenvalue weighted by atomic mass is 10.1. The molecule has 1 N–H and O–H groups in total. The fourth-order valence-corrected chi connectivity index (χ4v) is 3.38. The van der Waals surface area contributed by atoms with Crippen LogP contribution in [0, 0.1) is 0 Å². The Labute approximate surface area is 167 Å². The molecule has 3 rings (SSSR count). The van der Waals surface area contributed by atoms with Gasteiger partial charge in [-0.1, -0.05) is 56.3 Å². The van der Waals surface area contributed by atoms with Crippen molar-refractivity contribution in [2.24, 2.45) is 0 Å². The van der Waals surface area contributed by atoms with Crippen molar-refractivity contribution < 1.29 is 5.11 Å². The molecular weight excluding hydrogens is 360 g/mol. The number of benzene rings is 1. The van der Waals surface area contributed by atoms with E-state index in [1.807, 2.05) is 18.2 Å². The van der Waals surface area contributed by atoms with E-state index in [0.29, 0.717) is 6.54 Å². The van der Waals surface area contributed by atoms with Gasteiger partial charge in [0.05, 0.1) is 0 Å². The molecule has 0 aliphatic carbocycles. The van der Waals surface area contributed by atoms with E-state index in [1.54, 1.807) is 6.07 Å². The number of nitrogens with zero attached hydrogens (tertiary/aromatic N) is 2. The predicted octanol–water partition coefficient (Wildman–Crippen LogP) is 3.62. The first-order valence-corrected chi connectivity index (χ1v) is 9.37. The van der Waals surface area contributed by atoms with Gasteiger partial charge in [-0.15, -0.1) is 12.4 Å². The second kappa shape index (κ2) is 9.88. The maximum atomic E-state index is 12.2. The van der Waals surface area contributed by atoms with Gasteiger partial charge >= 0.3 is 0 Å². The Morgan fingerprint density at radius 2 is 1.52 bits per heavy atom. The Morgan fingerprint density at radius 3 is 2.11 bits per heavy atom. The van der Waals surface area contributed by atoms with Crippen LogP contribution in [0.4, 0.5) is 0 Å². The van der Waals surface area contributed by atoms with Crippen LogP contribution in [0.25, 0.3) is 0 Å². The summed E-state index contributed by atoms with van der Waals surface area (Å²) in [5.41, 5.74) is 2.74. The molecule has 0 bridgehead atoms. The normalized spacial score (nSPS) is 15.5. The second-order valence-electron chi connectivity index (χ2n) is 7.41. The summed E-state index contributed by atoms with van der Waals surface area (Å²) >= 11 is 0. The quantitative estimate of drug-likeness (QED) is 0.849. The van der Waals surface area contributed by atoms with Crippen LogP contribution < -0.4 is 5.43 Å². The molecule has 1 heterocycles. The topological polar surface area (TPSA) is 43.8 Å². The molecule has 1 saturated heterocycles. The van der Waals surface area contributed by atoms with Crippen LogP contribution in [0.1, 0.15) is 36.5 Å². The minimum atomic E-state index is -0.281. The van der Waals surface area contributed by atoms with Crippen molar-refractivity contribution in [1.29, 1.82) is 0 Å². The van der Waals surface area contributed by atoms with Gasteiger partial charge in [0.1, 0.15) is 0 Å². The molecule has 1 aliphatic rings. The first-order valence-electron chi connectivity index (χ1n) is 9.37. The summed E-state index contributed by atoms with van der Waals surface area (Å²) in [6, 6.07) is 16.0. The van der Waals surface area contributed by atoms with E-state index in [4.69, 9.17) is 0 Å². The lowest BCUT2D eigenvalue weighted by Gasteiger charge is -2.34.